The second-order valence-electron chi connectivity index (χ2n) is 6.42. The molecule has 0 aromatic heterocycles. The van der Waals surface area contributed by atoms with E-state index in [0.29, 0.717) is 38.3 Å². The molecule has 3 rings (SSSR count). The summed E-state index contributed by atoms with van der Waals surface area (Å²) < 4.78 is 37.4. The van der Waals surface area contributed by atoms with Crippen molar-refractivity contribution >= 4 is 16.0 Å². The third-order valence-electron chi connectivity index (χ3n) is 4.66. The number of esters is 1. The molecule has 1 heterocycles. The minimum atomic E-state index is -3.57. The molecule has 0 atom stereocenters. The summed E-state index contributed by atoms with van der Waals surface area (Å²) in [5, 5.41) is 0. The van der Waals surface area contributed by atoms with Crippen LogP contribution in [0.15, 0.2) is 59.5 Å². The summed E-state index contributed by atoms with van der Waals surface area (Å²) >= 11 is 0. The first-order valence-electron chi connectivity index (χ1n) is 9.09. The van der Waals surface area contributed by atoms with Crippen molar-refractivity contribution in [3.05, 3.63) is 60.2 Å². The van der Waals surface area contributed by atoms with Gasteiger partial charge in [-0.3, -0.25) is 4.90 Å². The van der Waals surface area contributed by atoms with Gasteiger partial charge >= 0.3 is 5.97 Å². The summed E-state index contributed by atoms with van der Waals surface area (Å²) in [4.78, 5) is 13.9. The number of hydrogen-bond donors (Lipinski definition) is 0. The third kappa shape index (κ3) is 4.89. The first kappa shape index (κ1) is 20.3. The quantitative estimate of drug-likeness (QED) is 0.656. The van der Waals surface area contributed by atoms with Gasteiger partial charge in [-0.15, -0.1) is 0 Å². The molecule has 0 radical (unpaired) electrons. The predicted octanol–water partition coefficient (Wildman–Crippen LogP) is 1.86. The van der Waals surface area contributed by atoms with Crippen LogP contribution in [0.1, 0.15) is 10.4 Å². The molecule has 0 bridgehead atoms. The molecule has 1 aliphatic rings. The first-order chi connectivity index (χ1) is 13.5. The van der Waals surface area contributed by atoms with Crippen LogP contribution in [0.3, 0.4) is 0 Å². The Morgan fingerprint density at radius 1 is 0.964 bits per heavy atom. The molecule has 0 unspecified atom stereocenters. The normalized spacial score (nSPS) is 15.9. The van der Waals surface area contributed by atoms with E-state index in [0.717, 1.165) is 12.3 Å². The first-order valence-corrected chi connectivity index (χ1v) is 10.5. The highest BCUT2D eigenvalue weighted by atomic mass is 32.2. The van der Waals surface area contributed by atoms with Crippen LogP contribution in [0, 0.1) is 0 Å². The van der Waals surface area contributed by atoms with Crippen molar-refractivity contribution in [2.24, 2.45) is 0 Å². The average molecular weight is 404 g/mol. The Labute approximate surface area is 165 Å². The summed E-state index contributed by atoms with van der Waals surface area (Å²) in [5.41, 5.74) is 0.324. The molecule has 0 spiro atoms. The molecule has 2 aromatic carbocycles. The Kier molecular flexibility index (Phi) is 6.66. The molecule has 8 heteroatoms. The maximum Gasteiger partial charge on any atom is 0.337 e. The van der Waals surface area contributed by atoms with Gasteiger partial charge in [-0.25, -0.2) is 13.2 Å². The Hall–Kier alpha value is -2.42. The van der Waals surface area contributed by atoms with Crippen LogP contribution in [0.25, 0.3) is 0 Å². The number of sulfonamides is 1. The van der Waals surface area contributed by atoms with Gasteiger partial charge in [0.2, 0.25) is 10.0 Å². The molecular weight excluding hydrogens is 380 g/mol. The van der Waals surface area contributed by atoms with Crippen molar-refractivity contribution in [3.8, 4) is 5.75 Å². The fourth-order valence-corrected chi connectivity index (χ4v) is 4.45. The van der Waals surface area contributed by atoms with Crippen molar-refractivity contribution in [1.29, 1.82) is 0 Å². The predicted molar refractivity (Wildman–Crippen MR) is 105 cm³/mol. The maximum atomic E-state index is 12.8. The molecule has 1 aliphatic heterocycles. The van der Waals surface area contributed by atoms with Gasteiger partial charge in [0.15, 0.2) is 0 Å². The lowest BCUT2D eigenvalue weighted by molar-refractivity contribution is 0.0600. The number of ether oxygens (including phenoxy) is 2. The summed E-state index contributed by atoms with van der Waals surface area (Å²) in [6, 6.07) is 15.4. The zero-order chi connectivity index (χ0) is 20.0. The molecule has 0 aliphatic carbocycles. The van der Waals surface area contributed by atoms with Crippen molar-refractivity contribution in [1.82, 2.24) is 9.21 Å². The van der Waals surface area contributed by atoms with Crippen LogP contribution in [-0.4, -0.2) is 70.0 Å². The molecule has 2 aromatic rings. The summed E-state index contributed by atoms with van der Waals surface area (Å²) in [7, 11) is -2.29. The van der Waals surface area contributed by atoms with Gasteiger partial charge in [0, 0.05) is 32.7 Å². The number of hydrogen-bond acceptors (Lipinski definition) is 6. The number of benzene rings is 2. The minimum Gasteiger partial charge on any atom is -0.492 e. The van der Waals surface area contributed by atoms with Gasteiger partial charge < -0.3 is 9.47 Å². The topological polar surface area (TPSA) is 76.2 Å². The SMILES string of the molecule is COC(=O)c1ccc(S(=O)(=O)N2CCN(CCOc3ccccc3)CC2)cc1. The van der Waals surface area contributed by atoms with Crippen molar-refractivity contribution < 1.29 is 22.7 Å². The van der Waals surface area contributed by atoms with E-state index in [4.69, 9.17) is 4.74 Å². The molecule has 0 N–H and O–H groups in total. The van der Waals surface area contributed by atoms with Crippen LogP contribution in [-0.2, 0) is 14.8 Å². The molecular formula is C20H24N2O5S. The van der Waals surface area contributed by atoms with Crippen LogP contribution >= 0.6 is 0 Å². The highest BCUT2D eigenvalue weighted by Gasteiger charge is 2.28. The standard InChI is InChI=1S/C20H24N2O5S/c1-26-20(23)17-7-9-19(10-8-17)28(24,25)22-13-11-21(12-14-22)15-16-27-18-5-3-2-4-6-18/h2-10H,11-16H2,1H3. The number of carbonyl (C=O) groups excluding carboxylic acids is 1. The largest absolute Gasteiger partial charge is 0.492 e. The van der Waals surface area contributed by atoms with E-state index >= 15 is 0 Å². The van der Waals surface area contributed by atoms with E-state index in [1.807, 2.05) is 30.3 Å². The van der Waals surface area contributed by atoms with E-state index in [-0.39, 0.29) is 4.90 Å². The fourth-order valence-electron chi connectivity index (χ4n) is 3.03. The van der Waals surface area contributed by atoms with Crippen molar-refractivity contribution in [3.63, 3.8) is 0 Å². The maximum absolute atomic E-state index is 12.8. The van der Waals surface area contributed by atoms with Gasteiger partial charge in [-0.1, -0.05) is 18.2 Å². The summed E-state index contributed by atoms with van der Waals surface area (Å²) in [5.74, 6) is 0.342. The number of para-hydroxylation sites is 1. The molecule has 7 nitrogen and oxygen atoms in total. The van der Waals surface area contributed by atoms with Crippen molar-refractivity contribution in [2.75, 3.05) is 46.4 Å². The van der Waals surface area contributed by atoms with Crippen LogP contribution in [0.5, 0.6) is 5.75 Å². The van der Waals surface area contributed by atoms with Crippen molar-refractivity contribution in [2.45, 2.75) is 4.90 Å². The lowest BCUT2D eigenvalue weighted by Crippen LogP contribution is -2.49. The van der Waals surface area contributed by atoms with Gasteiger partial charge in [-0.2, -0.15) is 4.31 Å². The Bertz CT molecular complexity index is 877. The monoisotopic (exact) mass is 404 g/mol. The smallest absolute Gasteiger partial charge is 0.337 e. The number of carbonyl (C=O) groups is 1. The van der Waals surface area contributed by atoms with E-state index in [9.17, 15) is 13.2 Å². The van der Waals surface area contributed by atoms with E-state index in [1.54, 1.807) is 0 Å². The zero-order valence-corrected chi connectivity index (χ0v) is 16.6. The second kappa shape index (κ2) is 9.18. The fraction of sp³-hybridized carbons (Fsp3) is 0.350. The number of methoxy groups -OCH3 is 1. The Morgan fingerprint density at radius 2 is 1.61 bits per heavy atom. The summed E-state index contributed by atoms with van der Waals surface area (Å²) in [6.45, 7) is 3.45. The van der Waals surface area contributed by atoms with Gasteiger partial charge in [0.1, 0.15) is 12.4 Å². The number of rotatable bonds is 7. The third-order valence-corrected chi connectivity index (χ3v) is 6.58. The molecule has 0 saturated carbocycles. The van der Waals surface area contributed by atoms with E-state index in [1.165, 1.54) is 35.7 Å². The molecule has 0 amide bonds. The van der Waals surface area contributed by atoms with E-state index < -0.39 is 16.0 Å². The lowest BCUT2D eigenvalue weighted by Gasteiger charge is -2.33. The van der Waals surface area contributed by atoms with Gasteiger partial charge in [0.25, 0.3) is 0 Å². The van der Waals surface area contributed by atoms with Crippen LogP contribution in [0.2, 0.25) is 0 Å². The zero-order valence-electron chi connectivity index (χ0n) is 15.8. The molecule has 28 heavy (non-hydrogen) atoms. The van der Waals surface area contributed by atoms with Crippen LogP contribution < -0.4 is 4.74 Å². The number of piperazine rings is 1. The number of nitrogens with zero attached hydrogens (tertiary/aromatic N) is 2. The van der Waals surface area contributed by atoms with Gasteiger partial charge in [-0.05, 0) is 36.4 Å². The Balaban J connectivity index is 1.51. The highest BCUT2D eigenvalue weighted by molar-refractivity contribution is 7.89. The lowest BCUT2D eigenvalue weighted by atomic mass is 10.2. The second-order valence-corrected chi connectivity index (χ2v) is 8.36. The highest BCUT2D eigenvalue weighted by Crippen LogP contribution is 2.18. The average Bonchev–Trinajstić information content (AvgIpc) is 2.74. The minimum absolute atomic E-state index is 0.181. The molecule has 150 valence electrons. The molecule has 1 fully saturated rings. The Morgan fingerprint density at radius 3 is 2.21 bits per heavy atom. The van der Waals surface area contributed by atoms with E-state index in [2.05, 4.69) is 9.64 Å². The molecule has 1 saturated heterocycles. The summed E-state index contributed by atoms with van der Waals surface area (Å²) in [6.07, 6.45) is 0. The van der Waals surface area contributed by atoms with Crippen LogP contribution in [0.4, 0.5) is 0 Å². The van der Waals surface area contributed by atoms with Gasteiger partial charge in [0.05, 0.1) is 17.6 Å².